The van der Waals surface area contributed by atoms with E-state index >= 15 is 0 Å². The second-order valence-electron chi connectivity index (χ2n) is 3.87. The molecule has 16 heavy (non-hydrogen) atoms. The zero-order valence-corrected chi connectivity index (χ0v) is 9.57. The molecule has 4 heteroatoms. The van der Waals surface area contributed by atoms with E-state index in [9.17, 15) is 0 Å². The number of rotatable bonds is 3. The lowest BCUT2D eigenvalue weighted by Gasteiger charge is -2.08. The number of aromatic nitrogens is 2. The summed E-state index contributed by atoms with van der Waals surface area (Å²) in [4.78, 5) is 0. The molecule has 0 bridgehead atoms. The van der Waals surface area contributed by atoms with Crippen molar-refractivity contribution in [3.8, 4) is 0 Å². The van der Waals surface area contributed by atoms with Crippen molar-refractivity contribution >= 4 is 11.4 Å². The normalized spacial score (nSPS) is 10.4. The van der Waals surface area contributed by atoms with Crippen molar-refractivity contribution in [2.24, 2.45) is 7.05 Å². The highest BCUT2D eigenvalue weighted by Crippen LogP contribution is 2.17. The third-order valence-electron chi connectivity index (χ3n) is 2.68. The second-order valence-corrected chi connectivity index (χ2v) is 3.87. The maximum absolute atomic E-state index is 5.84. The van der Waals surface area contributed by atoms with Gasteiger partial charge >= 0.3 is 0 Å². The van der Waals surface area contributed by atoms with Crippen LogP contribution in [0.1, 0.15) is 11.3 Å². The fourth-order valence-corrected chi connectivity index (χ4v) is 1.52. The van der Waals surface area contributed by atoms with E-state index in [0.717, 1.165) is 29.2 Å². The van der Waals surface area contributed by atoms with Crippen molar-refractivity contribution in [3.05, 3.63) is 41.7 Å². The van der Waals surface area contributed by atoms with Crippen LogP contribution in [0.5, 0.6) is 0 Å². The second kappa shape index (κ2) is 4.26. The molecule has 0 aliphatic carbocycles. The number of aryl methyl sites for hydroxylation is 2. The van der Waals surface area contributed by atoms with Crippen LogP contribution in [0.15, 0.2) is 30.5 Å². The molecule has 2 aromatic rings. The molecule has 0 unspecified atom stereocenters. The Morgan fingerprint density at radius 1 is 1.38 bits per heavy atom. The summed E-state index contributed by atoms with van der Waals surface area (Å²) in [5.74, 6) is 0. The number of nitrogens with one attached hydrogen (secondary N) is 1. The summed E-state index contributed by atoms with van der Waals surface area (Å²) in [5, 5.41) is 7.43. The minimum Gasteiger partial charge on any atom is -0.398 e. The van der Waals surface area contributed by atoms with Gasteiger partial charge in [-0.1, -0.05) is 6.07 Å². The molecule has 1 aromatic carbocycles. The number of nitrogens with zero attached hydrogens (tertiary/aromatic N) is 2. The van der Waals surface area contributed by atoms with Gasteiger partial charge in [0.2, 0.25) is 0 Å². The molecular weight excluding hydrogens is 200 g/mol. The van der Waals surface area contributed by atoms with Gasteiger partial charge in [0.25, 0.3) is 0 Å². The van der Waals surface area contributed by atoms with Crippen molar-refractivity contribution in [3.63, 3.8) is 0 Å². The van der Waals surface area contributed by atoms with Crippen LogP contribution < -0.4 is 11.1 Å². The lowest BCUT2D eigenvalue weighted by Crippen LogP contribution is -2.05. The highest BCUT2D eigenvalue weighted by molar-refractivity contribution is 5.58. The van der Waals surface area contributed by atoms with Crippen molar-refractivity contribution < 1.29 is 0 Å². The Bertz CT molecular complexity index is 488. The molecular formula is C12H16N4. The smallest absolute Gasteiger partial charge is 0.0571 e. The van der Waals surface area contributed by atoms with Crippen LogP contribution in [0.25, 0.3) is 0 Å². The molecule has 0 spiro atoms. The van der Waals surface area contributed by atoms with Gasteiger partial charge in [0, 0.05) is 24.6 Å². The molecule has 4 nitrogen and oxygen atoms in total. The van der Waals surface area contributed by atoms with E-state index in [2.05, 4.69) is 10.4 Å². The third kappa shape index (κ3) is 2.16. The fraction of sp³-hybridized carbons (Fsp3) is 0.250. The number of nitrogen functional groups attached to an aromatic ring is 1. The lowest BCUT2D eigenvalue weighted by molar-refractivity contribution is 0.720. The first kappa shape index (κ1) is 10.5. The molecule has 0 saturated carbocycles. The number of hydrogen-bond acceptors (Lipinski definition) is 3. The molecule has 84 valence electrons. The quantitative estimate of drug-likeness (QED) is 0.771. The molecule has 3 N–H and O–H groups in total. The summed E-state index contributed by atoms with van der Waals surface area (Å²) < 4.78 is 1.85. The van der Waals surface area contributed by atoms with Gasteiger partial charge in [0.15, 0.2) is 0 Å². The Morgan fingerprint density at radius 3 is 2.81 bits per heavy atom. The topological polar surface area (TPSA) is 55.9 Å². The molecule has 0 fully saturated rings. The van der Waals surface area contributed by atoms with E-state index in [1.54, 1.807) is 6.20 Å². The van der Waals surface area contributed by atoms with E-state index in [-0.39, 0.29) is 0 Å². The number of hydrogen-bond donors (Lipinski definition) is 2. The summed E-state index contributed by atoms with van der Waals surface area (Å²) in [5.41, 5.74) is 9.93. The minimum atomic E-state index is 0.749. The van der Waals surface area contributed by atoms with E-state index in [1.165, 1.54) is 0 Å². The van der Waals surface area contributed by atoms with E-state index in [4.69, 9.17) is 5.73 Å². The first-order chi connectivity index (χ1) is 7.66. The Balaban J connectivity index is 2.05. The summed E-state index contributed by atoms with van der Waals surface area (Å²) in [6, 6.07) is 7.99. The maximum Gasteiger partial charge on any atom is 0.0571 e. The van der Waals surface area contributed by atoms with Crippen LogP contribution in [0.2, 0.25) is 0 Å². The monoisotopic (exact) mass is 216 g/mol. The van der Waals surface area contributed by atoms with E-state index in [0.29, 0.717) is 0 Å². The van der Waals surface area contributed by atoms with Crippen LogP contribution >= 0.6 is 0 Å². The standard InChI is InChI=1S/C12H16N4/c1-9-3-4-10(7-12(9)13)14-8-11-5-6-15-16(11)2/h3-7,14H,8,13H2,1-2H3. The molecule has 1 heterocycles. The number of nitrogens with two attached hydrogens (primary N) is 1. The van der Waals surface area contributed by atoms with Crippen LogP contribution in [0.4, 0.5) is 11.4 Å². The Hall–Kier alpha value is -1.97. The molecule has 0 amide bonds. The van der Waals surface area contributed by atoms with Gasteiger partial charge < -0.3 is 11.1 Å². The first-order valence-electron chi connectivity index (χ1n) is 5.23. The third-order valence-corrected chi connectivity index (χ3v) is 2.68. The largest absolute Gasteiger partial charge is 0.398 e. The van der Waals surface area contributed by atoms with Crippen molar-refractivity contribution in [2.75, 3.05) is 11.1 Å². The molecule has 0 aliphatic heterocycles. The molecule has 0 atom stereocenters. The molecule has 0 saturated heterocycles. The van der Waals surface area contributed by atoms with E-state index in [1.807, 2.05) is 42.9 Å². The Kier molecular flexibility index (Phi) is 2.81. The maximum atomic E-state index is 5.84. The number of anilines is 2. The highest BCUT2D eigenvalue weighted by Gasteiger charge is 1.99. The number of benzene rings is 1. The van der Waals surface area contributed by atoms with Crippen molar-refractivity contribution in [1.29, 1.82) is 0 Å². The zero-order chi connectivity index (χ0) is 11.5. The SMILES string of the molecule is Cc1ccc(NCc2ccnn2C)cc1N. The minimum absolute atomic E-state index is 0.749. The predicted octanol–water partition coefficient (Wildman–Crippen LogP) is 1.92. The van der Waals surface area contributed by atoms with Crippen molar-refractivity contribution in [1.82, 2.24) is 9.78 Å². The first-order valence-corrected chi connectivity index (χ1v) is 5.23. The summed E-state index contributed by atoms with van der Waals surface area (Å²) in [7, 11) is 1.93. The van der Waals surface area contributed by atoms with Gasteiger partial charge in [-0.3, -0.25) is 4.68 Å². The molecule has 0 radical (unpaired) electrons. The average Bonchev–Trinajstić information content (AvgIpc) is 2.66. The van der Waals surface area contributed by atoms with Gasteiger partial charge in [-0.15, -0.1) is 0 Å². The fourth-order valence-electron chi connectivity index (χ4n) is 1.52. The van der Waals surface area contributed by atoms with E-state index < -0.39 is 0 Å². The zero-order valence-electron chi connectivity index (χ0n) is 9.57. The van der Waals surface area contributed by atoms with Crippen molar-refractivity contribution in [2.45, 2.75) is 13.5 Å². The van der Waals surface area contributed by atoms with Crippen LogP contribution in [0, 0.1) is 6.92 Å². The summed E-state index contributed by atoms with van der Waals surface area (Å²) in [6.07, 6.45) is 1.79. The van der Waals surface area contributed by atoms with Gasteiger partial charge in [0.1, 0.15) is 0 Å². The Labute approximate surface area is 95.1 Å². The lowest BCUT2D eigenvalue weighted by atomic mass is 10.2. The molecule has 0 aliphatic rings. The Morgan fingerprint density at radius 2 is 2.19 bits per heavy atom. The van der Waals surface area contributed by atoms with Crippen LogP contribution in [-0.2, 0) is 13.6 Å². The van der Waals surface area contributed by atoms with Gasteiger partial charge in [0.05, 0.1) is 12.2 Å². The van der Waals surface area contributed by atoms with Crippen LogP contribution in [-0.4, -0.2) is 9.78 Å². The highest BCUT2D eigenvalue weighted by atomic mass is 15.3. The van der Waals surface area contributed by atoms with Crippen LogP contribution in [0.3, 0.4) is 0 Å². The van der Waals surface area contributed by atoms with Gasteiger partial charge in [-0.05, 0) is 30.7 Å². The molecule has 1 aromatic heterocycles. The predicted molar refractivity (Wildman–Crippen MR) is 66.1 cm³/mol. The average molecular weight is 216 g/mol. The van der Waals surface area contributed by atoms with Gasteiger partial charge in [-0.25, -0.2) is 0 Å². The van der Waals surface area contributed by atoms with Gasteiger partial charge in [-0.2, -0.15) is 5.10 Å². The molecule has 2 rings (SSSR count). The summed E-state index contributed by atoms with van der Waals surface area (Å²) >= 11 is 0. The summed E-state index contributed by atoms with van der Waals surface area (Å²) in [6.45, 7) is 2.75.